The van der Waals surface area contributed by atoms with E-state index in [2.05, 4.69) is 43.8 Å². The lowest BCUT2D eigenvalue weighted by Gasteiger charge is -2.37. The third-order valence-electron chi connectivity index (χ3n) is 5.29. The summed E-state index contributed by atoms with van der Waals surface area (Å²) in [6, 6.07) is 10.1. The highest BCUT2D eigenvalue weighted by Gasteiger charge is 2.23. The molecule has 1 fully saturated rings. The first-order valence-corrected chi connectivity index (χ1v) is 10.2. The van der Waals surface area contributed by atoms with Crippen LogP contribution in [0.4, 0.5) is 11.6 Å². The Labute approximate surface area is 176 Å². The Kier molecular flexibility index (Phi) is 5.62. The number of halogens is 1. The van der Waals surface area contributed by atoms with E-state index in [1.807, 2.05) is 32.0 Å². The highest BCUT2D eigenvalue weighted by molar-refractivity contribution is 6.30. The molecule has 29 heavy (non-hydrogen) atoms. The molecule has 1 aliphatic rings. The van der Waals surface area contributed by atoms with Crippen molar-refractivity contribution >= 4 is 23.2 Å². The summed E-state index contributed by atoms with van der Waals surface area (Å²) in [5.41, 5.74) is 4.42. The van der Waals surface area contributed by atoms with E-state index in [4.69, 9.17) is 16.6 Å². The first kappa shape index (κ1) is 19.6. The minimum atomic E-state index is 0.752. The molecule has 0 atom stereocenters. The lowest BCUT2D eigenvalue weighted by Crippen LogP contribution is -2.47. The highest BCUT2D eigenvalue weighted by Crippen LogP contribution is 2.26. The minimum absolute atomic E-state index is 0.752. The average molecular weight is 409 g/mol. The predicted octanol–water partition coefficient (Wildman–Crippen LogP) is 3.76. The number of nitrogens with zero attached hydrogens (tertiary/aromatic N) is 6. The SMILES string of the molecule is Cc1cc(N2CCN(c3nc(C)nc(C)c3Cc3ccc(Cl)cc3)CC2)ncn1. The van der Waals surface area contributed by atoms with Gasteiger partial charge < -0.3 is 9.80 Å². The maximum atomic E-state index is 6.05. The van der Waals surface area contributed by atoms with Crippen LogP contribution in [0.2, 0.25) is 5.02 Å². The molecule has 1 aromatic carbocycles. The quantitative estimate of drug-likeness (QED) is 0.655. The molecule has 4 rings (SSSR count). The van der Waals surface area contributed by atoms with Crippen LogP contribution in [0.1, 0.15) is 28.3 Å². The summed E-state index contributed by atoms with van der Waals surface area (Å²) in [6.45, 7) is 9.62. The van der Waals surface area contributed by atoms with Gasteiger partial charge in [0.05, 0.1) is 0 Å². The molecule has 0 N–H and O–H groups in total. The van der Waals surface area contributed by atoms with Crippen LogP contribution in [0.5, 0.6) is 0 Å². The highest BCUT2D eigenvalue weighted by atomic mass is 35.5. The monoisotopic (exact) mass is 408 g/mol. The number of aromatic nitrogens is 4. The molecule has 2 aromatic heterocycles. The summed E-state index contributed by atoms with van der Waals surface area (Å²) in [5, 5.41) is 0.752. The van der Waals surface area contributed by atoms with Gasteiger partial charge in [-0.1, -0.05) is 23.7 Å². The molecular formula is C22H25ClN6. The standard InChI is InChI=1S/C22H25ClN6/c1-15-12-21(25-14-24-15)28-8-10-29(11-9-28)22-20(16(2)26-17(3)27-22)13-18-4-6-19(23)7-5-18/h4-7,12,14H,8-11,13H2,1-3H3. The Morgan fingerprint density at radius 3 is 2.28 bits per heavy atom. The van der Waals surface area contributed by atoms with Crippen LogP contribution in [0.3, 0.4) is 0 Å². The number of aryl methyl sites for hydroxylation is 3. The van der Waals surface area contributed by atoms with Crippen molar-refractivity contribution < 1.29 is 0 Å². The number of benzene rings is 1. The largest absolute Gasteiger partial charge is 0.353 e. The van der Waals surface area contributed by atoms with Crippen LogP contribution >= 0.6 is 11.6 Å². The molecule has 3 heterocycles. The van der Waals surface area contributed by atoms with Gasteiger partial charge in [0.15, 0.2) is 0 Å². The van der Waals surface area contributed by atoms with E-state index in [0.29, 0.717) is 0 Å². The van der Waals surface area contributed by atoms with Crippen molar-refractivity contribution in [2.24, 2.45) is 0 Å². The summed E-state index contributed by atoms with van der Waals surface area (Å²) >= 11 is 6.05. The molecule has 0 saturated carbocycles. The number of anilines is 2. The van der Waals surface area contributed by atoms with Crippen LogP contribution < -0.4 is 9.80 Å². The molecule has 0 amide bonds. The van der Waals surface area contributed by atoms with Crippen LogP contribution in [-0.4, -0.2) is 46.1 Å². The molecule has 0 radical (unpaired) electrons. The number of hydrogen-bond donors (Lipinski definition) is 0. The third-order valence-corrected chi connectivity index (χ3v) is 5.54. The first-order valence-electron chi connectivity index (χ1n) is 9.86. The zero-order valence-electron chi connectivity index (χ0n) is 17.1. The van der Waals surface area contributed by atoms with E-state index in [9.17, 15) is 0 Å². The predicted molar refractivity (Wildman–Crippen MR) is 117 cm³/mol. The van der Waals surface area contributed by atoms with E-state index in [-0.39, 0.29) is 0 Å². The van der Waals surface area contributed by atoms with Gasteiger partial charge in [0.25, 0.3) is 0 Å². The van der Waals surface area contributed by atoms with E-state index >= 15 is 0 Å². The Morgan fingerprint density at radius 1 is 0.897 bits per heavy atom. The van der Waals surface area contributed by atoms with Crippen LogP contribution in [0, 0.1) is 20.8 Å². The Morgan fingerprint density at radius 2 is 1.59 bits per heavy atom. The average Bonchev–Trinajstić information content (AvgIpc) is 2.71. The lowest BCUT2D eigenvalue weighted by atomic mass is 10.0. The third kappa shape index (κ3) is 4.48. The van der Waals surface area contributed by atoms with Gasteiger partial charge in [-0.15, -0.1) is 0 Å². The fourth-order valence-corrected chi connectivity index (χ4v) is 3.88. The van der Waals surface area contributed by atoms with Crippen molar-refractivity contribution in [1.29, 1.82) is 0 Å². The van der Waals surface area contributed by atoms with Gasteiger partial charge in [-0.3, -0.25) is 0 Å². The summed E-state index contributed by atoms with van der Waals surface area (Å²) in [7, 11) is 0. The molecule has 0 bridgehead atoms. The molecular weight excluding hydrogens is 384 g/mol. The molecule has 1 aliphatic heterocycles. The molecule has 7 heteroatoms. The summed E-state index contributed by atoms with van der Waals surface area (Å²) in [4.78, 5) is 22.8. The molecule has 6 nitrogen and oxygen atoms in total. The Bertz CT molecular complexity index is 997. The lowest BCUT2D eigenvalue weighted by molar-refractivity contribution is 0.636. The van der Waals surface area contributed by atoms with Crippen LogP contribution in [0.15, 0.2) is 36.7 Å². The van der Waals surface area contributed by atoms with E-state index in [1.54, 1.807) is 6.33 Å². The van der Waals surface area contributed by atoms with Crippen molar-refractivity contribution in [1.82, 2.24) is 19.9 Å². The molecule has 150 valence electrons. The number of hydrogen-bond acceptors (Lipinski definition) is 6. The second kappa shape index (κ2) is 8.33. The van der Waals surface area contributed by atoms with Crippen LogP contribution in [-0.2, 0) is 6.42 Å². The Hall–Kier alpha value is -2.73. The van der Waals surface area contributed by atoms with Gasteiger partial charge in [-0.05, 0) is 38.5 Å². The molecule has 3 aromatic rings. The van der Waals surface area contributed by atoms with Gasteiger partial charge in [0.1, 0.15) is 23.8 Å². The normalized spacial score (nSPS) is 14.3. The summed E-state index contributed by atoms with van der Waals surface area (Å²) < 4.78 is 0. The van der Waals surface area contributed by atoms with Gasteiger partial charge in [0, 0.05) is 60.6 Å². The molecule has 0 aliphatic carbocycles. The van der Waals surface area contributed by atoms with Crippen LogP contribution in [0.25, 0.3) is 0 Å². The van der Waals surface area contributed by atoms with Gasteiger partial charge in [-0.25, -0.2) is 19.9 Å². The van der Waals surface area contributed by atoms with Crippen molar-refractivity contribution in [3.05, 3.63) is 70.0 Å². The number of piperazine rings is 1. The zero-order chi connectivity index (χ0) is 20.4. The second-order valence-electron chi connectivity index (χ2n) is 7.45. The van der Waals surface area contributed by atoms with E-state index < -0.39 is 0 Å². The Balaban J connectivity index is 1.56. The fraction of sp³-hybridized carbons (Fsp3) is 0.364. The number of rotatable bonds is 4. The van der Waals surface area contributed by atoms with Crippen molar-refractivity contribution in [3.63, 3.8) is 0 Å². The summed E-state index contributed by atoms with van der Waals surface area (Å²) in [5.74, 6) is 2.85. The van der Waals surface area contributed by atoms with Crippen molar-refractivity contribution in [2.45, 2.75) is 27.2 Å². The fourth-order valence-electron chi connectivity index (χ4n) is 3.75. The smallest absolute Gasteiger partial charge is 0.136 e. The van der Waals surface area contributed by atoms with Crippen molar-refractivity contribution in [2.75, 3.05) is 36.0 Å². The van der Waals surface area contributed by atoms with Gasteiger partial charge in [0.2, 0.25) is 0 Å². The topological polar surface area (TPSA) is 58.0 Å². The van der Waals surface area contributed by atoms with Gasteiger partial charge in [-0.2, -0.15) is 0 Å². The van der Waals surface area contributed by atoms with E-state index in [1.165, 1.54) is 11.1 Å². The molecule has 0 unspecified atom stereocenters. The van der Waals surface area contributed by atoms with Gasteiger partial charge >= 0.3 is 0 Å². The maximum absolute atomic E-state index is 6.05. The second-order valence-corrected chi connectivity index (χ2v) is 7.89. The van der Waals surface area contributed by atoms with Crippen molar-refractivity contribution in [3.8, 4) is 0 Å². The molecule has 1 saturated heterocycles. The van der Waals surface area contributed by atoms with E-state index in [0.717, 1.165) is 66.5 Å². The first-order chi connectivity index (χ1) is 14.0. The maximum Gasteiger partial charge on any atom is 0.136 e. The summed E-state index contributed by atoms with van der Waals surface area (Å²) in [6.07, 6.45) is 2.43. The zero-order valence-corrected chi connectivity index (χ0v) is 17.8. The minimum Gasteiger partial charge on any atom is -0.353 e. The molecule has 0 spiro atoms.